The minimum Gasteiger partial charge on any atom is -0.384 e. The number of halogens is 1. The molecule has 23 heavy (non-hydrogen) atoms. The summed E-state index contributed by atoms with van der Waals surface area (Å²) < 4.78 is 5.05. The van der Waals surface area contributed by atoms with Gasteiger partial charge in [-0.25, -0.2) is 0 Å². The van der Waals surface area contributed by atoms with Gasteiger partial charge in [-0.3, -0.25) is 4.79 Å². The third-order valence-corrected chi connectivity index (χ3v) is 4.90. The standard InChI is InChI=1S/C17H26N2O2S.ClH/c1-13(19-17(20)16-5-3-4-10-18-16)14-6-8-15(9-7-14)22-12-11-21-2;/h6-9,13,16,18H,3-5,10-12H2,1-2H3,(H,19,20);1H/t13?,16-;/m1./s1. The van der Waals surface area contributed by atoms with Crippen molar-refractivity contribution in [2.75, 3.05) is 26.0 Å². The van der Waals surface area contributed by atoms with Crippen LogP contribution >= 0.6 is 24.2 Å². The highest BCUT2D eigenvalue weighted by Crippen LogP contribution is 2.21. The van der Waals surface area contributed by atoms with Crippen LogP contribution in [0.5, 0.6) is 0 Å². The number of amides is 1. The third-order valence-electron chi connectivity index (χ3n) is 3.92. The molecule has 2 N–H and O–H groups in total. The summed E-state index contributed by atoms with van der Waals surface area (Å²) in [7, 11) is 1.72. The molecule has 0 bridgehead atoms. The minimum absolute atomic E-state index is 0. The second-order valence-electron chi connectivity index (χ2n) is 5.64. The number of carbonyl (C=O) groups excluding carboxylic acids is 1. The molecule has 1 aromatic carbocycles. The first-order valence-electron chi connectivity index (χ1n) is 7.96. The van der Waals surface area contributed by atoms with Crippen LogP contribution in [-0.2, 0) is 9.53 Å². The van der Waals surface area contributed by atoms with Gasteiger partial charge in [0.15, 0.2) is 0 Å². The fourth-order valence-electron chi connectivity index (χ4n) is 2.57. The van der Waals surface area contributed by atoms with E-state index in [1.807, 2.05) is 6.92 Å². The summed E-state index contributed by atoms with van der Waals surface area (Å²) in [5.74, 6) is 1.07. The highest BCUT2D eigenvalue weighted by atomic mass is 35.5. The Morgan fingerprint density at radius 1 is 1.39 bits per heavy atom. The molecule has 1 saturated heterocycles. The van der Waals surface area contributed by atoms with Gasteiger partial charge in [0, 0.05) is 17.8 Å². The van der Waals surface area contributed by atoms with Gasteiger partial charge in [-0.1, -0.05) is 18.6 Å². The van der Waals surface area contributed by atoms with Crippen molar-refractivity contribution in [2.45, 2.75) is 43.2 Å². The molecule has 1 aromatic rings. The van der Waals surface area contributed by atoms with Crippen LogP contribution in [0.1, 0.15) is 37.8 Å². The molecule has 1 fully saturated rings. The monoisotopic (exact) mass is 358 g/mol. The minimum atomic E-state index is -0.0277. The normalized spacial score (nSPS) is 18.8. The number of methoxy groups -OCH3 is 1. The number of thioether (sulfide) groups is 1. The summed E-state index contributed by atoms with van der Waals surface area (Å²) in [6.07, 6.45) is 3.24. The SMILES string of the molecule is COCCSc1ccc(C(C)NC(=O)[C@H]2CCCCN2)cc1.Cl. The summed E-state index contributed by atoms with van der Waals surface area (Å²) >= 11 is 1.78. The van der Waals surface area contributed by atoms with E-state index in [0.717, 1.165) is 37.3 Å². The molecular weight excluding hydrogens is 332 g/mol. The molecule has 2 atom stereocenters. The average Bonchev–Trinajstić information content (AvgIpc) is 2.56. The van der Waals surface area contributed by atoms with E-state index in [2.05, 4.69) is 34.9 Å². The summed E-state index contributed by atoms with van der Waals surface area (Å²) in [6.45, 7) is 3.74. The zero-order valence-electron chi connectivity index (χ0n) is 13.8. The van der Waals surface area contributed by atoms with Crippen LogP contribution in [0.4, 0.5) is 0 Å². The van der Waals surface area contributed by atoms with Crippen molar-refractivity contribution < 1.29 is 9.53 Å². The zero-order valence-corrected chi connectivity index (χ0v) is 15.5. The molecule has 130 valence electrons. The number of rotatable bonds is 7. The van der Waals surface area contributed by atoms with Gasteiger partial charge in [-0.15, -0.1) is 24.2 Å². The summed E-state index contributed by atoms with van der Waals surface area (Å²) in [4.78, 5) is 13.5. The first-order valence-corrected chi connectivity index (χ1v) is 8.94. The van der Waals surface area contributed by atoms with E-state index < -0.39 is 0 Å². The Morgan fingerprint density at radius 2 is 2.13 bits per heavy atom. The molecule has 1 amide bonds. The van der Waals surface area contributed by atoms with E-state index in [4.69, 9.17) is 4.74 Å². The number of hydrogen-bond acceptors (Lipinski definition) is 4. The molecule has 1 aliphatic rings. The number of benzene rings is 1. The quantitative estimate of drug-likeness (QED) is 0.580. The van der Waals surface area contributed by atoms with Gasteiger partial charge >= 0.3 is 0 Å². The van der Waals surface area contributed by atoms with E-state index in [1.165, 1.54) is 11.3 Å². The maximum Gasteiger partial charge on any atom is 0.237 e. The first-order chi connectivity index (χ1) is 10.7. The third kappa shape index (κ3) is 6.71. The van der Waals surface area contributed by atoms with Gasteiger partial charge in [0.05, 0.1) is 18.7 Å². The van der Waals surface area contributed by atoms with Crippen LogP contribution in [0.2, 0.25) is 0 Å². The Balaban J connectivity index is 0.00000264. The van der Waals surface area contributed by atoms with Crippen LogP contribution in [0, 0.1) is 0 Å². The van der Waals surface area contributed by atoms with Gasteiger partial charge < -0.3 is 15.4 Å². The van der Waals surface area contributed by atoms with Crippen molar-refractivity contribution in [1.82, 2.24) is 10.6 Å². The summed E-state index contributed by atoms with van der Waals surface area (Å²) in [5.41, 5.74) is 1.14. The number of piperidine rings is 1. The average molecular weight is 359 g/mol. The topological polar surface area (TPSA) is 50.4 Å². The molecule has 1 unspecified atom stereocenters. The second kappa shape index (κ2) is 10.9. The highest BCUT2D eigenvalue weighted by molar-refractivity contribution is 7.99. The Labute approximate surface area is 149 Å². The number of nitrogens with one attached hydrogen (secondary N) is 2. The number of carbonyl (C=O) groups is 1. The maximum absolute atomic E-state index is 12.2. The van der Waals surface area contributed by atoms with Gasteiger partial charge in [0.1, 0.15) is 0 Å². The number of hydrogen-bond donors (Lipinski definition) is 2. The van der Waals surface area contributed by atoms with Gasteiger partial charge in [0.2, 0.25) is 5.91 Å². The zero-order chi connectivity index (χ0) is 15.8. The Hall–Kier alpha value is -0.750. The first kappa shape index (κ1) is 20.3. The summed E-state index contributed by atoms with van der Waals surface area (Å²) in [5, 5.41) is 6.40. The molecule has 0 spiro atoms. The second-order valence-corrected chi connectivity index (χ2v) is 6.81. The van der Waals surface area contributed by atoms with Crippen molar-refractivity contribution in [2.24, 2.45) is 0 Å². The number of ether oxygens (including phenoxy) is 1. The molecule has 1 heterocycles. The van der Waals surface area contributed by atoms with E-state index in [1.54, 1.807) is 18.9 Å². The summed E-state index contributed by atoms with van der Waals surface area (Å²) in [6, 6.07) is 8.41. The molecule has 2 rings (SSSR count). The maximum atomic E-state index is 12.2. The van der Waals surface area contributed by atoms with E-state index in [0.29, 0.717) is 0 Å². The lowest BCUT2D eigenvalue weighted by Gasteiger charge is -2.24. The Bertz CT molecular complexity index is 464. The lowest BCUT2D eigenvalue weighted by Crippen LogP contribution is -2.47. The lowest BCUT2D eigenvalue weighted by atomic mass is 10.0. The molecule has 6 heteroatoms. The molecular formula is C17H27ClN2O2S. The van der Waals surface area contributed by atoms with Crippen LogP contribution in [0.25, 0.3) is 0 Å². The molecule has 0 aromatic heterocycles. The highest BCUT2D eigenvalue weighted by Gasteiger charge is 2.21. The molecule has 4 nitrogen and oxygen atoms in total. The van der Waals surface area contributed by atoms with Crippen molar-refractivity contribution >= 4 is 30.1 Å². The van der Waals surface area contributed by atoms with E-state index in [9.17, 15) is 4.79 Å². The van der Waals surface area contributed by atoms with Crippen molar-refractivity contribution in [1.29, 1.82) is 0 Å². The van der Waals surface area contributed by atoms with Gasteiger partial charge in [-0.05, 0) is 44.0 Å². The van der Waals surface area contributed by atoms with Crippen LogP contribution in [0.3, 0.4) is 0 Å². The van der Waals surface area contributed by atoms with Crippen LogP contribution in [-0.4, -0.2) is 38.0 Å². The van der Waals surface area contributed by atoms with Crippen LogP contribution in [0.15, 0.2) is 29.2 Å². The fourth-order valence-corrected chi connectivity index (χ4v) is 3.38. The van der Waals surface area contributed by atoms with E-state index >= 15 is 0 Å². The molecule has 0 saturated carbocycles. The predicted octanol–water partition coefficient (Wildman–Crippen LogP) is 3.17. The lowest BCUT2D eigenvalue weighted by molar-refractivity contribution is -0.124. The Kier molecular flexibility index (Phi) is 9.63. The van der Waals surface area contributed by atoms with Gasteiger partial charge in [0.25, 0.3) is 0 Å². The Morgan fingerprint density at radius 3 is 2.74 bits per heavy atom. The largest absolute Gasteiger partial charge is 0.384 e. The fraction of sp³-hybridized carbons (Fsp3) is 0.588. The van der Waals surface area contributed by atoms with Gasteiger partial charge in [-0.2, -0.15) is 0 Å². The van der Waals surface area contributed by atoms with Crippen molar-refractivity contribution in [3.63, 3.8) is 0 Å². The van der Waals surface area contributed by atoms with Crippen molar-refractivity contribution in [3.8, 4) is 0 Å². The van der Waals surface area contributed by atoms with E-state index in [-0.39, 0.29) is 30.4 Å². The smallest absolute Gasteiger partial charge is 0.237 e. The van der Waals surface area contributed by atoms with Crippen LogP contribution < -0.4 is 10.6 Å². The predicted molar refractivity (Wildman–Crippen MR) is 98.5 cm³/mol. The molecule has 0 radical (unpaired) electrons. The molecule has 1 aliphatic heterocycles. The molecule has 0 aliphatic carbocycles. The van der Waals surface area contributed by atoms with Crippen molar-refractivity contribution in [3.05, 3.63) is 29.8 Å².